The van der Waals surface area contributed by atoms with Crippen LogP contribution >= 0.6 is 23.4 Å². The Balaban J connectivity index is 2.68. The molecule has 0 bridgehead atoms. The highest BCUT2D eigenvalue weighted by molar-refractivity contribution is 8.00. The zero-order chi connectivity index (χ0) is 12.0. The molecular weight excluding hydrogens is 248 g/mol. The predicted molar refractivity (Wildman–Crippen MR) is 64.2 cm³/mol. The van der Waals surface area contributed by atoms with Gasteiger partial charge in [-0.3, -0.25) is 9.59 Å². The summed E-state index contributed by atoms with van der Waals surface area (Å²) in [7, 11) is 0. The highest BCUT2D eigenvalue weighted by Gasteiger charge is 2.07. The molecule has 0 radical (unpaired) electrons. The third kappa shape index (κ3) is 3.87. The zero-order valence-corrected chi connectivity index (χ0v) is 10.3. The number of hydrogen-bond donors (Lipinski definition) is 0. The molecule has 16 heavy (non-hydrogen) atoms. The van der Waals surface area contributed by atoms with E-state index < -0.39 is 0 Å². The van der Waals surface area contributed by atoms with Gasteiger partial charge in [0, 0.05) is 15.5 Å². The van der Waals surface area contributed by atoms with Crippen molar-refractivity contribution in [1.29, 1.82) is 0 Å². The molecule has 0 saturated carbocycles. The maximum Gasteiger partial charge on any atom is 0.316 e. The molecule has 0 aliphatic carbocycles. The molecule has 0 saturated heterocycles. The van der Waals surface area contributed by atoms with Crippen LogP contribution in [0, 0.1) is 0 Å². The molecule has 0 aromatic heterocycles. The SMILES string of the molecule is CCOC(=O)CSc1cc(Cl)ccc1C=O. The number of thioether (sulfide) groups is 1. The van der Waals surface area contributed by atoms with Crippen LogP contribution < -0.4 is 0 Å². The Morgan fingerprint density at radius 2 is 2.31 bits per heavy atom. The molecule has 1 rings (SSSR count). The normalized spacial score (nSPS) is 9.88. The Hall–Kier alpha value is -1.00. The summed E-state index contributed by atoms with van der Waals surface area (Å²) in [6.45, 7) is 2.11. The van der Waals surface area contributed by atoms with Crippen LogP contribution in [0.1, 0.15) is 17.3 Å². The first-order chi connectivity index (χ1) is 7.67. The van der Waals surface area contributed by atoms with E-state index in [1.165, 1.54) is 11.8 Å². The molecule has 86 valence electrons. The van der Waals surface area contributed by atoms with Crippen molar-refractivity contribution in [2.24, 2.45) is 0 Å². The fourth-order valence-corrected chi connectivity index (χ4v) is 2.16. The van der Waals surface area contributed by atoms with Gasteiger partial charge in [-0.1, -0.05) is 11.6 Å². The number of aldehydes is 1. The van der Waals surface area contributed by atoms with E-state index in [2.05, 4.69) is 0 Å². The molecule has 1 aromatic carbocycles. The average molecular weight is 259 g/mol. The molecular formula is C11H11ClO3S. The summed E-state index contributed by atoms with van der Waals surface area (Å²) in [5.41, 5.74) is 0.527. The second kappa shape index (κ2) is 6.55. The molecule has 0 amide bonds. The second-order valence-corrected chi connectivity index (χ2v) is 4.35. The minimum atomic E-state index is -0.302. The van der Waals surface area contributed by atoms with Gasteiger partial charge in [0.25, 0.3) is 0 Å². The quantitative estimate of drug-likeness (QED) is 0.463. The summed E-state index contributed by atoms with van der Waals surface area (Å²) < 4.78 is 4.79. The van der Waals surface area contributed by atoms with Crippen LogP contribution in [0.25, 0.3) is 0 Å². The summed E-state index contributed by atoms with van der Waals surface area (Å²) in [6, 6.07) is 4.93. The lowest BCUT2D eigenvalue weighted by Crippen LogP contribution is -2.06. The van der Waals surface area contributed by atoms with Crippen molar-refractivity contribution in [3.8, 4) is 0 Å². The predicted octanol–water partition coefficient (Wildman–Crippen LogP) is 2.81. The Bertz CT molecular complexity index is 393. The minimum absolute atomic E-state index is 0.176. The number of benzene rings is 1. The Labute approximate surface area is 103 Å². The summed E-state index contributed by atoms with van der Waals surface area (Å²) in [4.78, 5) is 22.6. The topological polar surface area (TPSA) is 43.4 Å². The first-order valence-electron chi connectivity index (χ1n) is 4.70. The van der Waals surface area contributed by atoms with Gasteiger partial charge in [-0.2, -0.15) is 0 Å². The summed E-state index contributed by atoms with van der Waals surface area (Å²) in [6.07, 6.45) is 0.740. The smallest absolute Gasteiger partial charge is 0.316 e. The van der Waals surface area contributed by atoms with Gasteiger partial charge in [-0.15, -0.1) is 11.8 Å². The van der Waals surface area contributed by atoms with Gasteiger partial charge >= 0.3 is 5.97 Å². The van der Waals surface area contributed by atoms with E-state index >= 15 is 0 Å². The van der Waals surface area contributed by atoms with Crippen LogP contribution in [0.15, 0.2) is 23.1 Å². The molecule has 0 unspecified atom stereocenters. The number of esters is 1. The van der Waals surface area contributed by atoms with E-state index in [0.717, 1.165) is 6.29 Å². The maximum absolute atomic E-state index is 11.1. The van der Waals surface area contributed by atoms with Crippen molar-refractivity contribution in [2.75, 3.05) is 12.4 Å². The number of hydrogen-bond acceptors (Lipinski definition) is 4. The molecule has 3 nitrogen and oxygen atoms in total. The Morgan fingerprint density at radius 1 is 1.56 bits per heavy atom. The van der Waals surface area contributed by atoms with E-state index in [4.69, 9.17) is 16.3 Å². The fourth-order valence-electron chi connectivity index (χ4n) is 1.07. The first kappa shape index (κ1) is 13.1. The van der Waals surface area contributed by atoms with Crippen molar-refractivity contribution in [2.45, 2.75) is 11.8 Å². The second-order valence-electron chi connectivity index (χ2n) is 2.89. The van der Waals surface area contributed by atoms with Crippen LogP contribution in [0.5, 0.6) is 0 Å². The van der Waals surface area contributed by atoms with Gasteiger partial charge in [0.05, 0.1) is 12.4 Å². The highest BCUT2D eigenvalue weighted by Crippen LogP contribution is 2.25. The van der Waals surface area contributed by atoms with Crippen molar-refractivity contribution >= 4 is 35.6 Å². The monoisotopic (exact) mass is 258 g/mol. The van der Waals surface area contributed by atoms with Gasteiger partial charge in [-0.05, 0) is 25.1 Å². The van der Waals surface area contributed by atoms with Crippen molar-refractivity contribution in [1.82, 2.24) is 0 Å². The van der Waals surface area contributed by atoms with Gasteiger partial charge in [0.15, 0.2) is 6.29 Å². The molecule has 0 fully saturated rings. The number of halogens is 1. The lowest BCUT2D eigenvalue weighted by molar-refractivity contribution is -0.139. The zero-order valence-electron chi connectivity index (χ0n) is 8.73. The number of ether oxygens (including phenoxy) is 1. The lowest BCUT2D eigenvalue weighted by Gasteiger charge is -2.04. The molecule has 0 spiro atoms. The fraction of sp³-hybridized carbons (Fsp3) is 0.273. The number of carbonyl (C=O) groups excluding carboxylic acids is 2. The Kier molecular flexibility index (Phi) is 5.35. The molecule has 0 heterocycles. The van der Waals surface area contributed by atoms with E-state index in [1.807, 2.05) is 0 Å². The summed E-state index contributed by atoms with van der Waals surface area (Å²) in [5.74, 6) is -0.126. The summed E-state index contributed by atoms with van der Waals surface area (Å²) >= 11 is 7.05. The molecule has 1 aromatic rings. The Morgan fingerprint density at radius 3 is 2.94 bits per heavy atom. The van der Waals surface area contributed by atoms with Crippen LogP contribution in [-0.2, 0) is 9.53 Å². The average Bonchev–Trinajstić information content (AvgIpc) is 2.27. The highest BCUT2D eigenvalue weighted by atomic mass is 35.5. The third-order valence-corrected chi connectivity index (χ3v) is 3.03. The largest absolute Gasteiger partial charge is 0.465 e. The lowest BCUT2D eigenvalue weighted by atomic mass is 10.2. The number of carbonyl (C=O) groups is 2. The van der Waals surface area contributed by atoms with Crippen molar-refractivity contribution in [3.05, 3.63) is 28.8 Å². The van der Waals surface area contributed by atoms with Crippen molar-refractivity contribution < 1.29 is 14.3 Å². The van der Waals surface area contributed by atoms with Gasteiger partial charge in [0.1, 0.15) is 0 Å². The van der Waals surface area contributed by atoms with E-state index in [1.54, 1.807) is 25.1 Å². The standard InChI is InChI=1S/C11H11ClO3S/c1-2-15-11(14)7-16-10-5-9(12)4-3-8(10)6-13/h3-6H,2,7H2,1H3. The summed E-state index contributed by atoms with van der Waals surface area (Å²) in [5, 5.41) is 0.539. The first-order valence-corrected chi connectivity index (χ1v) is 6.07. The molecule has 0 aliphatic rings. The molecule has 0 N–H and O–H groups in total. The van der Waals surface area contributed by atoms with Crippen LogP contribution in [-0.4, -0.2) is 24.6 Å². The maximum atomic E-state index is 11.1. The van der Waals surface area contributed by atoms with Crippen LogP contribution in [0.2, 0.25) is 5.02 Å². The van der Waals surface area contributed by atoms with Crippen LogP contribution in [0.3, 0.4) is 0 Å². The van der Waals surface area contributed by atoms with Gasteiger partial charge in [0.2, 0.25) is 0 Å². The third-order valence-electron chi connectivity index (χ3n) is 1.75. The molecule has 0 aliphatic heterocycles. The van der Waals surface area contributed by atoms with E-state index in [9.17, 15) is 9.59 Å². The van der Waals surface area contributed by atoms with Gasteiger partial charge < -0.3 is 4.74 Å². The number of rotatable bonds is 5. The van der Waals surface area contributed by atoms with Crippen molar-refractivity contribution in [3.63, 3.8) is 0 Å². The van der Waals surface area contributed by atoms with E-state index in [-0.39, 0.29) is 11.7 Å². The van der Waals surface area contributed by atoms with Gasteiger partial charge in [-0.25, -0.2) is 0 Å². The molecule has 0 atom stereocenters. The van der Waals surface area contributed by atoms with Crippen LogP contribution in [0.4, 0.5) is 0 Å². The minimum Gasteiger partial charge on any atom is -0.465 e. The van der Waals surface area contributed by atoms with E-state index in [0.29, 0.717) is 22.1 Å². The molecule has 5 heteroatoms.